The van der Waals surface area contributed by atoms with Gasteiger partial charge in [-0.05, 0) is 42.4 Å². The van der Waals surface area contributed by atoms with Crippen molar-refractivity contribution in [3.63, 3.8) is 0 Å². The first-order valence-corrected chi connectivity index (χ1v) is 5.32. The molecule has 0 N–H and O–H groups in total. The lowest BCUT2D eigenvalue weighted by atomic mass is 9.86. The van der Waals surface area contributed by atoms with E-state index in [-0.39, 0.29) is 5.82 Å². The van der Waals surface area contributed by atoms with Gasteiger partial charge in [-0.2, -0.15) is 0 Å². The molecule has 1 heteroatoms. The summed E-state index contributed by atoms with van der Waals surface area (Å²) >= 11 is 0. The molecule has 0 bridgehead atoms. The summed E-state index contributed by atoms with van der Waals surface area (Å²) in [7, 11) is 0. The molecule has 0 unspecified atom stereocenters. The first kappa shape index (κ1) is 11.2. The van der Waals surface area contributed by atoms with Gasteiger partial charge in [0.25, 0.3) is 0 Å². The number of hydrogen-bond acceptors (Lipinski definition) is 0. The molecule has 1 aromatic rings. The third kappa shape index (κ3) is 2.34. The van der Waals surface area contributed by atoms with Crippen LogP contribution in [0, 0.1) is 18.7 Å². The molecule has 14 heavy (non-hydrogen) atoms. The predicted molar refractivity (Wildman–Crippen MR) is 59.0 cm³/mol. The van der Waals surface area contributed by atoms with E-state index in [9.17, 15) is 4.39 Å². The van der Waals surface area contributed by atoms with Gasteiger partial charge in [0, 0.05) is 0 Å². The molecule has 0 amide bonds. The van der Waals surface area contributed by atoms with Crippen LogP contribution in [-0.2, 0) is 0 Å². The molecule has 0 aliphatic carbocycles. The second-order valence-corrected chi connectivity index (χ2v) is 4.27. The van der Waals surface area contributed by atoms with E-state index in [1.54, 1.807) is 13.0 Å². The Morgan fingerprint density at radius 3 is 2.36 bits per heavy atom. The van der Waals surface area contributed by atoms with E-state index in [1.165, 1.54) is 0 Å². The quantitative estimate of drug-likeness (QED) is 0.673. The van der Waals surface area contributed by atoms with Gasteiger partial charge in [-0.25, -0.2) is 4.39 Å². The molecule has 0 heterocycles. The summed E-state index contributed by atoms with van der Waals surface area (Å²) in [4.78, 5) is 0. The minimum absolute atomic E-state index is 0.0819. The predicted octanol–water partition coefficient (Wildman–Crippen LogP) is 4.28. The number of aryl methyl sites for hydroxylation is 1. The Morgan fingerprint density at radius 1 is 1.29 bits per heavy atom. The van der Waals surface area contributed by atoms with Crippen LogP contribution in [0.2, 0.25) is 0 Å². The summed E-state index contributed by atoms with van der Waals surface area (Å²) < 4.78 is 13.3. The van der Waals surface area contributed by atoms with Crippen molar-refractivity contribution in [2.75, 3.05) is 0 Å². The third-order valence-electron chi connectivity index (χ3n) is 2.87. The van der Waals surface area contributed by atoms with Gasteiger partial charge in [-0.3, -0.25) is 0 Å². The SMILES string of the molecule is CC[C@H](c1ccc(C)c(F)c1)C(C)C. The first-order chi connectivity index (χ1) is 6.56. The van der Waals surface area contributed by atoms with Crippen molar-refractivity contribution in [2.24, 2.45) is 5.92 Å². The molecule has 0 nitrogen and oxygen atoms in total. The Kier molecular flexibility index (Phi) is 3.68. The van der Waals surface area contributed by atoms with Crippen LogP contribution in [0.4, 0.5) is 4.39 Å². The zero-order valence-electron chi connectivity index (χ0n) is 9.47. The van der Waals surface area contributed by atoms with E-state index in [4.69, 9.17) is 0 Å². The zero-order chi connectivity index (χ0) is 10.7. The fourth-order valence-electron chi connectivity index (χ4n) is 1.93. The van der Waals surface area contributed by atoms with Gasteiger partial charge in [-0.15, -0.1) is 0 Å². The lowest BCUT2D eigenvalue weighted by molar-refractivity contribution is 0.482. The van der Waals surface area contributed by atoms with Gasteiger partial charge in [0.2, 0.25) is 0 Å². The summed E-state index contributed by atoms with van der Waals surface area (Å²) in [6, 6.07) is 5.60. The van der Waals surface area contributed by atoms with Crippen LogP contribution in [-0.4, -0.2) is 0 Å². The van der Waals surface area contributed by atoms with Crippen molar-refractivity contribution in [2.45, 2.75) is 40.0 Å². The molecule has 1 atom stereocenters. The van der Waals surface area contributed by atoms with Crippen molar-refractivity contribution < 1.29 is 4.39 Å². The average molecular weight is 194 g/mol. The molecule has 0 aromatic heterocycles. The maximum absolute atomic E-state index is 13.3. The van der Waals surface area contributed by atoms with Crippen molar-refractivity contribution in [3.05, 3.63) is 35.1 Å². The Morgan fingerprint density at radius 2 is 1.93 bits per heavy atom. The van der Waals surface area contributed by atoms with Gasteiger partial charge < -0.3 is 0 Å². The second-order valence-electron chi connectivity index (χ2n) is 4.27. The van der Waals surface area contributed by atoms with Gasteiger partial charge in [0.05, 0.1) is 0 Å². The van der Waals surface area contributed by atoms with E-state index >= 15 is 0 Å². The van der Waals surface area contributed by atoms with Gasteiger partial charge in [0.1, 0.15) is 5.82 Å². The summed E-state index contributed by atoms with van der Waals surface area (Å²) in [5, 5.41) is 0. The van der Waals surface area contributed by atoms with Crippen molar-refractivity contribution >= 4 is 0 Å². The van der Waals surface area contributed by atoms with Crippen molar-refractivity contribution in [1.29, 1.82) is 0 Å². The average Bonchev–Trinajstić information content (AvgIpc) is 2.11. The maximum Gasteiger partial charge on any atom is 0.126 e. The monoisotopic (exact) mass is 194 g/mol. The zero-order valence-corrected chi connectivity index (χ0v) is 9.47. The molecule has 0 saturated heterocycles. The van der Waals surface area contributed by atoms with Crippen LogP contribution in [0.15, 0.2) is 18.2 Å². The van der Waals surface area contributed by atoms with E-state index in [0.717, 1.165) is 17.5 Å². The molecule has 0 saturated carbocycles. The fraction of sp³-hybridized carbons (Fsp3) is 0.538. The van der Waals surface area contributed by atoms with Gasteiger partial charge >= 0.3 is 0 Å². The van der Waals surface area contributed by atoms with E-state index in [1.807, 2.05) is 12.1 Å². The molecule has 0 fully saturated rings. The summed E-state index contributed by atoms with van der Waals surface area (Å²) in [5.41, 5.74) is 1.86. The van der Waals surface area contributed by atoms with E-state index in [2.05, 4.69) is 20.8 Å². The van der Waals surface area contributed by atoms with Crippen molar-refractivity contribution in [1.82, 2.24) is 0 Å². The summed E-state index contributed by atoms with van der Waals surface area (Å²) in [5.74, 6) is 0.966. The largest absolute Gasteiger partial charge is 0.207 e. The van der Waals surface area contributed by atoms with Crippen LogP contribution in [0.5, 0.6) is 0 Å². The van der Waals surface area contributed by atoms with E-state index in [0.29, 0.717) is 11.8 Å². The topological polar surface area (TPSA) is 0 Å². The molecule has 1 rings (SSSR count). The van der Waals surface area contributed by atoms with Crippen molar-refractivity contribution in [3.8, 4) is 0 Å². The molecule has 1 aromatic carbocycles. The van der Waals surface area contributed by atoms with Crippen LogP contribution in [0.25, 0.3) is 0 Å². The molecule has 0 spiro atoms. The normalized spacial score (nSPS) is 13.3. The molecular weight excluding hydrogens is 175 g/mol. The molecule has 0 aliphatic heterocycles. The van der Waals surface area contributed by atoms with Gasteiger partial charge in [0.15, 0.2) is 0 Å². The smallest absolute Gasteiger partial charge is 0.126 e. The van der Waals surface area contributed by atoms with E-state index < -0.39 is 0 Å². The number of rotatable bonds is 3. The Balaban J connectivity index is 3.00. The molecule has 0 aliphatic rings. The number of halogens is 1. The number of hydrogen-bond donors (Lipinski definition) is 0. The summed E-state index contributed by atoms with van der Waals surface area (Å²) in [6.45, 7) is 8.33. The number of benzene rings is 1. The van der Waals surface area contributed by atoms with Crippen LogP contribution < -0.4 is 0 Å². The lowest BCUT2D eigenvalue weighted by Crippen LogP contribution is -2.06. The molecule has 78 valence electrons. The summed E-state index contributed by atoms with van der Waals surface area (Å²) in [6.07, 6.45) is 1.07. The highest BCUT2D eigenvalue weighted by atomic mass is 19.1. The molecule has 0 radical (unpaired) electrons. The molecular formula is C13H19F. The minimum atomic E-state index is -0.0819. The Hall–Kier alpha value is -0.850. The lowest BCUT2D eigenvalue weighted by Gasteiger charge is -2.19. The highest BCUT2D eigenvalue weighted by Crippen LogP contribution is 2.28. The van der Waals surface area contributed by atoms with Crippen LogP contribution >= 0.6 is 0 Å². The third-order valence-corrected chi connectivity index (χ3v) is 2.87. The standard InChI is InChI=1S/C13H19F/c1-5-12(9(2)3)11-7-6-10(4)13(14)8-11/h6-9,12H,5H2,1-4H3/t12-/m0/s1. The highest BCUT2D eigenvalue weighted by molar-refractivity contribution is 5.26. The second kappa shape index (κ2) is 4.59. The fourth-order valence-corrected chi connectivity index (χ4v) is 1.93. The van der Waals surface area contributed by atoms with Gasteiger partial charge in [-0.1, -0.05) is 32.9 Å². The van der Waals surface area contributed by atoms with Crippen LogP contribution in [0.1, 0.15) is 44.2 Å². The Bertz CT molecular complexity index is 302. The van der Waals surface area contributed by atoms with Crippen LogP contribution in [0.3, 0.4) is 0 Å². The maximum atomic E-state index is 13.3. The Labute approximate surface area is 86.2 Å². The first-order valence-electron chi connectivity index (χ1n) is 5.32. The highest BCUT2D eigenvalue weighted by Gasteiger charge is 2.14. The minimum Gasteiger partial charge on any atom is -0.207 e.